The van der Waals surface area contributed by atoms with Gasteiger partial charge in [-0.2, -0.15) is 0 Å². The number of carbonyl (C=O) groups is 5. The van der Waals surface area contributed by atoms with Gasteiger partial charge >= 0.3 is 5.97 Å². The van der Waals surface area contributed by atoms with Crippen LogP contribution in [-0.4, -0.2) is 84.0 Å². The number of carboxylic acids is 1. The molecule has 13 nitrogen and oxygen atoms in total. The Hall–Kier alpha value is -6.15. The molecule has 0 aliphatic carbocycles. The van der Waals surface area contributed by atoms with Crippen LogP contribution < -0.4 is 38.1 Å². The predicted molar refractivity (Wildman–Crippen MR) is 233 cm³/mol. The second-order valence-corrected chi connectivity index (χ2v) is 15.6. The van der Waals surface area contributed by atoms with Crippen LogP contribution >= 0.6 is 0 Å². The second-order valence-electron chi connectivity index (χ2n) is 15.6. The second kappa shape index (κ2) is 20.7. The molecule has 1 heterocycles. The van der Waals surface area contributed by atoms with Crippen LogP contribution in [0, 0.1) is 0 Å². The van der Waals surface area contributed by atoms with E-state index in [-0.39, 0.29) is 32.1 Å². The standard InChI is InChI=1S/C47H55N7O6/c48-24-9-8-19-38(49)42(55)51-39(28-31-11-2-1-3-12-31)43(56)52-40(29-32-20-21-33-13-4-5-15-35(33)27-32)44(57)53-41(30-36-17-10-16-34-14-6-7-18-37(34)36)45(58)54-47(46(59)60)22-25-50-26-23-47/h1-7,10-18,20-21,27,38-41,50H,8-9,19,22-26,28-30,48-49H2,(H,51,55)(H,52,56)(H,53,57)(H,54,58)(H,59,60)/t38-,39-,40+,41+/m0/s1. The van der Waals surface area contributed by atoms with Crippen LogP contribution in [0.5, 0.6) is 0 Å². The van der Waals surface area contributed by atoms with E-state index in [4.69, 9.17) is 11.5 Å². The number of aliphatic carboxylic acids is 1. The smallest absolute Gasteiger partial charge is 0.329 e. The fraction of sp³-hybridized carbons (Fsp3) is 0.340. The number of hydrogen-bond acceptors (Lipinski definition) is 8. The maximum atomic E-state index is 14.7. The Morgan fingerprint density at radius 2 is 1.20 bits per heavy atom. The lowest BCUT2D eigenvalue weighted by molar-refractivity contribution is -0.149. The Bertz CT molecular complexity index is 2270. The van der Waals surface area contributed by atoms with Crippen LogP contribution in [0.4, 0.5) is 0 Å². The lowest BCUT2D eigenvalue weighted by Gasteiger charge is -2.36. The predicted octanol–water partition coefficient (Wildman–Crippen LogP) is 3.25. The minimum absolute atomic E-state index is 0.0399. The first-order valence-corrected chi connectivity index (χ1v) is 20.7. The summed E-state index contributed by atoms with van der Waals surface area (Å²) in [5, 5.41) is 28.7. The van der Waals surface area contributed by atoms with Gasteiger partial charge in [-0.3, -0.25) is 19.2 Å². The molecule has 5 aromatic carbocycles. The van der Waals surface area contributed by atoms with E-state index in [1.165, 1.54) is 0 Å². The first kappa shape index (κ1) is 43.4. The van der Waals surface area contributed by atoms with E-state index in [1.807, 2.05) is 115 Å². The maximum absolute atomic E-state index is 14.7. The van der Waals surface area contributed by atoms with Crippen LogP contribution in [0.2, 0.25) is 0 Å². The normalized spacial score (nSPS) is 15.6. The van der Waals surface area contributed by atoms with E-state index in [2.05, 4.69) is 26.6 Å². The molecule has 60 heavy (non-hydrogen) atoms. The summed E-state index contributed by atoms with van der Waals surface area (Å²) in [4.78, 5) is 69.6. The van der Waals surface area contributed by atoms with Gasteiger partial charge in [0.05, 0.1) is 6.04 Å². The number of nitrogens with two attached hydrogens (primary N) is 2. The van der Waals surface area contributed by atoms with Gasteiger partial charge in [0.15, 0.2) is 0 Å². The van der Waals surface area contributed by atoms with Crippen molar-refractivity contribution >= 4 is 51.1 Å². The summed E-state index contributed by atoms with van der Waals surface area (Å²) in [7, 11) is 0. The lowest BCUT2D eigenvalue weighted by atomic mass is 9.87. The molecule has 0 aromatic heterocycles. The highest BCUT2D eigenvalue weighted by atomic mass is 16.4. The molecule has 4 atom stereocenters. The van der Waals surface area contributed by atoms with Crippen molar-refractivity contribution in [2.24, 2.45) is 11.5 Å². The summed E-state index contributed by atoms with van der Waals surface area (Å²) in [5.41, 5.74) is 12.7. The maximum Gasteiger partial charge on any atom is 0.329 e. The monoisotopic (exact) mass is 813 g/mol. The molecule has 1 fully saturated rings. The molecule has 1 aliphatic heterocycles. The molecule has 5 aromatic rings. The molecule has 0 bridgehead atoms. The third-order valence-electron chi connectivity index (χ3n) is 11.3. The van der Waals surface area contributed by atoms with Crippen LogP contribution in [0.1, 0.15) is 48.8 Å². The molecule has 1 aliphatic rings. The first-order chi connectivity index (χ1) is 29.0. The third kappa shape index (κ3) is 11.3. The van der Waals surface area contributed by atoms with E-state index in [1.54, 1.807) is 0 Å². The molecule has 314 valence electrons. The summed E-state index contributed by atoms with van der Waals surface area (Å²) < 4.78 is 0. The zero-order valence-corrected chi connectivity index (χ0v) is 33.7. The summed E-state index contributed by atoms with van der Waals surface area (Å²) in [6, 6.07) is 31.7. The quantitative estimate of drug-likeness (QED) is 0.0574. The SMILES string of the molecule is NCCCC[C@H](N)C(=O)N[C@@H](Cc1ccccc1)C(=O)N[C@H](Cc1ccc2ccccc2c1)C(=O)N[C@H](Cc1cccc2ccccc12)C(=O)NC1(C(=O)O)CCNCC1. The Kier molecular flexibility index (Phi) is 15.0. The fourth-order valence-corrected chi connectivity index (χ4v) is 7.80. The molecule has 13 heteroatoms. The van der Waals surface area contributed by atoms with Crippen LogP contribution in [0.3, 0.4) is 0 Å². The van der Waals surface area contributed by atoms with Gasteiger partial charge in [-0.25, -0.2) is 4.79 Å². The van der Waals surface area contributed by atoms with Crippen molar-refractivity contribution in [2.45, 2.75) is 81.1 Å². The van der Waals surface area contributed by atoms with Crippen molar-refractivity contribution in [3.05, 3.63) is 132 Å². The van der Waals surface area contributed by atoms with E-state index in [0.29, 0.717) is 38.9 Å². The van der Waals surface area contributed by atoms with Crippen LogP contribution in [0.25, 0.3) is 21.5 Å². The number of amides is 4. The van der Waals surface area contributed by atoms with Crippen molar-refractivity contribution in [1.29, 1.82) is 0 Å². The van der Waals surface area contributed by atoms with Crippen molar-refractivity contribution in [3.63, 3.8) is 0 Å². The Morgan fingerprint density at radius 1 is 0.617 bits per heavy atom. The average molecular weight is 814 g/mol. The molecule has 0 saturated carbocycles. The summed E-state index contributed by atoms with van der Waals surface area (Å²) in [6.07, 6.45) is 2.26. The lowest BCUT2D eigenvalue weighted by Crippen LogP contribution is -2.64. The van der Waals surface area contributed by atoms with E-state index in [9.17, 15) is 29.1 Å². The Labute approximate surface area is 350 Å². The van der Waals surface area contributed by atoms with Gasteiger partial charge in [0, 0.05) is 19.3 Å². The number of carbonyl (C=O) groups excluding carboxylic acids is 4. The zero-order chi connectivity index (χ0) is 42.5. The number of benzene rings is 5. The van der Waals surface area contributed by atoms with Crippen molar-refractivity contribution in [3.8, 4) is 0 Å². The summed E-state index contributed by atoms with van der Waals surface area (Å²) in [6.45, 7) is 1.26. The minimum Gasteiger partial charge on any atom is -0.480 e. The van der Waals surface area contributed by atoms with E-state index < -0.39 is 59.3 Å². The molecular formula is C47H55N7O6. The molecule has 0 spiro atoms. The number of piperidine rings is 1. The van der Waals surface area contributed by atoms with Gasteiger partial charge in [0.1, 0.15) is 23.7 Å². The van der Waals surface area contributed by atoms with E-state index >= 15 is 0 Å². The Morgan fingerprint density at radius 3 is 1.88 bits per heavy atom. The molecule has 0 unspecified atom stereocenters. The highest BCUT2D eigenvalue weighted by Gasteiger charge is 2.43. The van der Waals surface area contributed by atoms with Gasteiger partial charge in [0.2, 0.25) is 23.6 Å². The summed E-state index contributed by atoms with van der Waals surface area (Å²) in [5.74, 6) is -3.59. The molecule has 4 amide bonds. The number of unbranched alkanes of at least 4 members (excludes halogenated alkanes) is 1. The average Bonchev–Trinajstić information content (AvgIpc) is 3.26. The topological polar surface area (TPSA) is 218 Å². The van der Waals surface area contributed by atoms with Gasteiger partial charge in [-0.15, -0.1) is 0 Å². The summed E-state index contributed by atoms with van der Waals surface area (Å²) >= 11 is 0. The largest absolute Gasteiger partial charge is 0.480 e. The van der Waals surface area contributed by atoms with Gasteiger partial charge in [-0.1, -0.05) is 122 Å². The van der Waals surface area contributed by atoms with E-state index in [0.717, 1.165) is 38.2 Å². The van der Waals surface area contributed by atoms with Crippen LogP contribution in [0.15, 0.2) is 115 Å². The molecule has 10 N–H and O–H groups in total. The number of rotatable bonds is 19. The van der Waals surface area contributed by atoms with Crippen molar-refractivity contribution in [1.82, 2.24) is 26.6 Å². The number of fused-ring (bicyclic) bond motifs is 2. The van der Waals surface area contributed by atoms with Gasteiger partial charge < -0.3 is 43.2 Å². The third-order valence-corrected chi connectivity index (χ3v) is 11.3. The fourth-order valence-electron chi connectivity index (χ4n) is 7.80. The Balaban J connectivity index is 1.32. The first-order valence-electron chi connectivity index (χ1n) is 20.7. The van der Waals surface area contributed by atoms with Crippen molar-refractivity contribution in [2.75, 3.05) is 19.6 Å². The number of hydrogen-bond donors (Lipinski definition) is 8. The molecule has 6 rings (SSSR count). The highest BCUT2D eigenvalue weighted by molar-refractivity contribution is 5.97. The number of nitrogens with one attached hydrogen (secondary N) is 5. The number of carboxylic acid groups (broad SMARTS) is 1. The molecule has 0 radical (unpaired) electrons. The minimum atomic E-state index is -1.53. The van der Waals surface area contributed by atoms with Gasteiger partial charge in [0.25, 0.3) is 0 Å². The molecular weight excluding hydrogens is 759 g/mol. The van der Waals surface area contributed by atoms with Crippen LogP contribution in [-0.2, 0) is 43.2 Å². The highest BCUT2D eigenvalue weighted by Crippen LogP contribution is 2.23. The zero-order valence-electron chi connectivity index (χ0n) is 33.7. The van der Waals surface area contributed by atoms with Gasteiger partial charge in [-0.05, 0) is 83.6 Å². The molecule has 1 saturated heterocycles. The van der Waals surface area contributed by atoms with Crippen molar-refractivity contribution < 1.29 is 29.1 Å².